The molecule has 0 bridgehead atoms. The molecule has 1 aromatic carbocycles. The molecule has 0 amide bonds. The third-order valence-electron chi connectivity index (χ3n) is 4.52. The first kappa shape index (κ1) is 21.8. The average molecular weight is 390 g/mol. The SMILES string of the molecule is CCCCCCCCCCOc1c(OC(C)=O)c(=O)oc2cc(OC)ccc12. The summed E-state index contributed by atoms with van der Waals surface area (Å²) in [5.41, 5.74) is -0.423. The molecule has 0 spiro atoms. The number of hydrogen-bond donors (Lipinski definition) is 0. The monoisotopic (exact) mass is 390 g/mol. The van der Waals surface area contributed by atoms with E-state index in [2.05, 4.69) is 6.92 Å². The van der Waals surface area contributed by atoms with Crippen LogP contribution in [-0.4, -0.2) is 19.7 Å². The van der Waals surface area contributed by atoms with Crippen LogP contribution in [0.15, 0.2) is 27.4 Å². The molecule has 0 saturated heterocycles. The average Bonchev–Trinajstić information content (AvgIpc) is 2.67. The van der Waals surface area contributed by atoms with Gasteiger partial charge in [-0.15, -0.1) is 0 Å². The van der Waals surface area contributed by atoms with Gasteiger partial charge < -0.3 is 18.6 Å². The van der Waals surface area contributed by atoms with Crippen molar-refractivity contribution in [3.05, 3.63) is 28.6 Å². The van der Waals surface area contributed by atoms with Gasteiger partial charge in [0.2, 0.25) is 0 Å². The van der Waals surface area contributed by atoms with Crippen LogP contribution in [0, 0.1) is 0 Å². The fourth-order valence-electron chi connectivity index (χ4n) is 3.05. The van der Waals surface area contributed by atoms with Crippen LogP contribution < -0.4 is 19.8 Å². The zero-order chi connectivity index (χ0) is 20.4. The number of fused-ring (bicyclic) bond motifs is 1. The molecule has 6 heteroatoms. The summed E-state index contributed by atoms with van der Waals surface area (Å²) in [6, 6.07) is 5.08. The normalized spacial score (nSPS) is 10.8. The molecule has 0 atom stereocenters. The maximum Gasteiger partial charge on any atom is 0.383 e. The van der Waals surface area contributed by atoms with Gasteiger partial charge in [0, 0.05) is 13.0 Å². The van der Waals surface area contributed by atoms with Gasteiger partial charge in [-0.3, -0.25) is 4.79 Å². The molecule has 6 nitrogen and oxygen atoms in total. The lowest BCUT2D eigenvalue weighted by Gasteiger charge is -2.13. The number of esters is 1. The van der Waals surface area contributed by atoms with Crippen LogP contribution in [-0.2, 0) is 4.79 Å². The van der Waals surface area contributed by atoms with E-state index in [1.54, 1.807) is 18.2 Å². The Hall–Kier alpha value is -2.50. The number of carbonyl (C=O) groups excluding carboxylic acids is 1. The zero-order valence-corrected chi connectivity index (χ0v) is 17.0. The summed E-state index contributed by atoms with van der Waals surface area (Å²) in [6.45, 7) is 3.89. The molecule has 2 rings (SSSR count). The van der Waals surface area contributed by atoms with E-state index in [1.807, 2.05) is 0 Å². The summed E-state index contributed by atoms with van der Waals surface area (Å²) in [5.74, 6) is -0.00113. The Morgan fingerprint density at radius 1 is 1.00 bits per heavy atom. The van der Waals surface area contributed by atoms with E-state index < -0.39 is 11.6 Å². The second kappa shape index (κ2) is 11.4. The molecular weight excluding hydrogens is 360 g/mol. The van der Waals surface area contributed by atoms with Gasteiger partial charge in [0.25, 0.3) is 5.75 Å². The lowest BCUT2D eigenvalue weighted by molar-refractivity contribution is -0.132. The molecule has 2 aromatic rings. The van der Waals surface area contributed by atoms with Crippen LogP contribution in [0.25, 0.3) is 11.0 Å². The fraction of sp³-hybridized carbons (Fsp3) is 0.545. The van der Waals surface area contributed by atoms with Crippen molar-refractivity contribution in [3.63, 3.8) is 0 Å². The minimum atomic E-state index is -0.748. The van der Waals surface area contributed by atoms with Crippen molar-refractivity contribution in [2.24, 2.45) is 0 Å². The Morgan fingerprint density at radius 3 is 2.32 bits per heavy atom. The van der Waals surface area contributed by atoms with E-state index in [0.29, 0.717) is 23.3 Å². The van der Waals surface area contributed by atoms with Crippen LogP contribution in [0.3, 0.4) is 0 Å². The van der Waals surface area contributed by atoms with Crippen molar-refractivity contribution in [1.29, 1.82) is 0 Å². The highest BCUT2D eigenvalue weighted by molar-refractivity contribution is 5.87. The maximum absolute atomic E-state index is 12.3. The molecule has 0 N–H and O–H groups in total. The summed E-state index contributed by atoms with van der Waals surface area (Å²) in [6.07, 6.45) is 9.45. The van der Waals surface area contributed by atoms with Gasteiger partial charge in [-0.25, -0.2) is 4.79 Å². The van der Waals surface area contributed by atoms with Crippen molar-refractivity contribution >= 4 is 16.9 Å². The molecule has 0 saturated carbocycles. The largest absolute Gasteiger partial charge is 0.497 e. The second-order valence-corrected chi connectivity index (χ2v) is 6.83. The number of ether oxygens (including phenoxy) is 3. The Labute approximate surface area is 165 Å². The zero-order valence-electron chi connectivity index (χ0n) is 17.0. The molecular formula is C22H30O6. The third-order valence-corrected chi connectivity index (χ3v) is 4.52. The molecule has 28 heavy (non-hydrogen) atoms. The van der Waals surface area contributed by atoms with Crippen LogP contribution in [0.4, 0.5) is 0 Å². The second-order valence-electron chi connectivity index (χ2n) is 6.83. The van der Waals surface area contributed by atoms with Crippen LogP contribution in [0.5, 0.6) is 17.2 Å². The van der Waals surface area contributed by atoms with Gasteiger partial charge >= 0.3 is 11.6 Å². The van der Waals surface area contributed by atoms with Crippen LogP contribution in [0.1, 0.15) is 65.2 Å². The number of rotatable bonds is 12. The Bertz CT molecular complexity index is 824. The van der Waals surface area contributed by atoms with Gasteiger partial charge in [-0.05, 0) is 18.6 Å². The molecule has 1 aromatic heterocycles. The lowest BCUT2D eigenvalue weighted by Crippen LogP contribution is -2.14. The van der Waals surface area contributed by atoms with Gasteiger partial charge in [0.05, 0.1) is 19.1 Å². The number of benzene rings is 1. The predicted molar refractivity (Wildman–Crippen MR) is 108 cm³/mol. The molecule has 154 valence electrons. The van der Waals surface area contributed by atoms with Gasteiger partial charge in [-0.2, -0.15) is 0 Å². The van der Waals surface area contributed by atoms with Crippen LogP contribution >= 0.6 is 0 Å². The number of hydrogen-bond acceptors (Lipinski definition) is 6. The molecule has 0 fully saturated rings. The summed E-state index contributed by atoms with van der Waals surface area (Å²) in [5, 5.41) is 0.566. The van der Waals surface area contributed by atoms with Crippen molar-refractivity contribution in [2.75, 3.05) is 13.7 Å². The first-order chi connectivity index (χ1) is 13.6. The van der Waals surface area contributed by atoms with Crippen molar-refractivity contribution in [3.8, 4) is 17.2 Å². The van der Waals surface area contributed by atoms with E-state index in [-0.39, 0.29) is 11.5 Å². The van der Waals surface area contributed by atoms with E-state index in [9.17, 15) is 9.59 Å². The van der Waals surface area contributed by atoms with Gasteiger partial charge in [0.15, 0.2) is 5.75 Å². The van der Waals surface area contributed by atoms with E-state index >= 15 is 0 Å². The van der Waals surface area contributed by atoms with Crippen molar-refractivity contribution in [1.82, 2.24) is 0 Å². The highest BCUT2D eigenvalue weighted by Gasteiger charge is 2.20. The van der Waals surface area contributed by atoms with E-state index in [0.717, 1.165) is 12.8 Å². The van der Waals surface area contributed by atoms with Crippen LogP contribution in [0.2, 0.25) is 0 Å². The molecule has 0 unspecified atom stereocenters. The smallest absolute Gasteiger partial charge is 0.383 e. The maximum atomic E-state index is 12.3. The summed E-state index contributed by atoms with van der Waals surface area (Å²) in [7, 11) is 1.53. The fourth-order valence-corrected chi connectivity index (χ4v) is 3.05. The molecule has 0 radical (unpaired) electrons. The summed E-state index contributed by atoms with van der Waals surface area (Å²) < 4.78 is 21.4. The highest BCUT2D eigenvalue weighted by Crippen LogP contribution is 2.34. The highest BCUT2D eigenvalue weighted by atomic mass is 16.6. The quantitative estimate of drug-likeness (QED) is 0.280. The lowest BCUT2D eigenvalue weighted by atomic mass is 10.1. The number of unbranched alkanes of at least 4 members (excludes halogenated alkanes) is 7. The minimum Gasteiger partial charge on any atom is -0.497 e. The van der Waals surface area contributed by atoms with Crippen molar-refractivity contribution < 1.29 is 23.4 Å². The summed E-state index contributed by atoms with van der Waals surface area (Å²) >= 11 is 0. The Kier molecular flexibility index (Phi) is 8.85. The number of carbonyl (C=O) groups is 1. The van der Waals surface area contributed by atoms with Crippen molar-refractivity contribution in [2.45, 2.75) is 65.2 Å². The molecule has 0 aliphatic carbocycles. The Morgan fingerprint density at radius 2 is 1.68 bits per heavy atom. The molecule has 0 aliphatic heterocycles. The molecule has 0 aliphatic rings. The van der Waals surface area contributed by atoms with Gasteiger partial charge in [0.1, 0.15) is 11.3 Å². The van der Waals surface area contributed by atoms with Gasteiger partial charge in [-0.1, -0.05) is 51.9 Å². The van der Waals surface area contributed by atoms with E-state index in [4.69, 9.17) is 18.6 Å². The first-order valence-corrected chi connectivity index (χ1v) is 10.0. The standard InChI is InChI=1S/C22H30O6/c1-4-5-6-7-8-9-10-11-14-26-20-18-13-12-17(25-3)15-19(18)28-22(24)21(20)27-16(2)23/h12-13,15H,4-11,14H2,1-3H3. The first-order valence-electron chi connectivity index (χ1n) is 10.0. The third kappa shape index (κ3) is 6.29. The minimum absolute atomic E-state index is 0.204. The summed E-state index contributed by atoms with van der Waals surface area (Å²) in [4.78, 5) is 23.7. The van der Waals surface area contributed by atoms with E-state index in [1.165, 1.54) is 52.6 Å². The predicted octanol–water partition coefficient (Wildman–Crippen LogP) is 5.25. The molecule has 1 heterocycles. The number of methoxy groups -OCH3 is 1. The Balaban J connectivity index is 2.06. The topological polar surface area (TPSA) is 75.0 Å².